The van der Waals surface area contributed by atoms with Crippen LogP contribution in [-0.4, -0.2) is 4.98 Å². The van der Waals surface area contributed by atoms with E-state index >= 15 is 0 Å². The van der Waals surface area contributed by atoms with E-state index in [9.17, 15) is 0 Å². The Hall–Kier alpha value is 0.384. The zero-order valence-corrected chi connectivity index (χ0v) is 8.15. The molecule has 0 fully saturated rings. The number of aromatic nitrogens is 1. The predicted molar refractivity (Wildman–Crippen MR) is 31.0 cm³/mol. The van der Waals surface area contributed by atoms with Crippen LogP contribution >= 0.6 is 0 Å². The summed E-state index contributed by atoms with van der Waals surface area (Å²) in [6.07, 6.45) is 4.56. The molecular formula is C6H10NY-. The smallest absolute Gasteiger partial charge is 0 e. The van der Waals surface area contributed by atoms with Gasteiger partial charge in [0.15, 0.2) is 0 Å². The Morgan fingerprint density at radius 3 is 2.12 bits per heavy atom. The second kappa shape index (κ2) is 10.4. The normalized spacial score (nSPS) is 5.75. The third-order valence-electron chi connectivity index (χ3n) is 0.442. The Bertz CT molecular complexity index is 65.0. The standard InChI is InChI=1S/C4H4N.C2H6.Y/c1-2-4-5-3-1;1-2;/h1-3,5H;1-2H3;/q-1;;. The molecule has 1 nitrogen and oxygen atoms in total. The van der Waals surface area contributed by atoms with Gasteiger partial charge < -0.3 is 4.98 Å². The monoisotopic (exact) mass is 185 g/mol. The zero-order valence-electron chi connectivity index (χ0n) is 5.31. The van der Waals surface area contributed by atoms with Gasteiger partial charge in [0.05, 0.1) is 0 Å². The minimum Gasteiger partial charge on any atom is -0.484 e. The molecule has 0 saturated carbocycles. The van der Waals surface area contributed by atoms with Gasteiger partial charge in [0, 0.05) is 32.7 Å². The molecule has 0 atom stereocenters. The van der Waals surface area contributed by atoms with Crippen LogP contribution in [0.15, 0.2) is 18.3 Å². The van der Waals surface area contributed by atoms with Crippen molar-refractivity contribution in [3.8, 4) is 0 Å². The maximum Gasteiger partial charge on any atom is 0 e. The first-order valence-corrected chi connectivity index (χ1v) is 2.49. The molecule has 1 aromatic rings. The van der Waals surface area contributed by atoms with Crippen LogP contribution in [0.2, 0.25) is 0 Å². The van der Waals surface area contributed by atoms with Gasteiger partial charge in [-0.25, -0.2) is 0 Å². The van der Waals surface area contributed by atoms with E-state index < -0.39 is 0 Å². The molecule has 0 amide bonds. The van der Waals surface area contributed by atoms with E-state index in [1.165, 1.54) is 0 Å². The summed E-state index contributed by atoms with van der Waals surface area (Å²) in [4.78, 5) is 2.74. The average molecular weight is 185 g/mol. The number of rotatable bonds is 0. The van der Waals surface area contributed by atoms with Gasteiger partial charge in [-0.1, -0.05) is 13.8 Å². The van der Waals surface area contributed by atoms with Gasteiger partial charge in [0.25, 0.3) is 0 Å². The third kappa shape index (κ3) is 6.38. The molecule has 0 saturated heterocycles. The molecule has 43 valence electrons. The molecule has 1 radical (unpaired) electrons. The molecule has 0 unspecified atom stereocenters. The summed E-state index contributed by atoms with van der Waals surface area (Å²) in [5, 5.41) is 0. The van der Waals surface area contributed by atoms with Crippen molar-refractivity contribution in [2.45, 2.75) is 13.8 Å². The summed E-state index contributed by atoms with van der Waals surface area (Å²) in [7, 11) is 0. The minimum absolute atomic E-state index is 0. The number of aromatic amines is 1. The molecule has 0 aliphatic heterocycles. The van der Waals surface area contributed by atoms with Gasteiger partial charge in [0.2, 0.25) is 0 Å². The van der Waals surface area contributed by atoms with Crippen LogP contribution in [-0.2, 0) is 32.7 Å². The molecular weight excluding hydrogens is 175 g/mol. The van der Waals surface area contributed by atoms with E-state index in [0.29, 0.717) is 0 Å². The SMILES string of the molecule is CC.[Y].[c-]1ccc[nH]1. The maximum absolute atomic E-state index is 2.74. The summed E-state index contributed by atoms with van der Waals surface area (Å²) in [5.41, 5.74) is 0. The van der Waals surface area contributed by atoms with Gasteiger partial charge in [-0.2, -0.15) is 18.3 Å². The van der Waals surface area contributed by atoms with Crippen molar-refractivity contribution >= 4 is 0 Å². The van der Waals surface area contributed by atoms with Crippen molar-refractivity contribution < 1.29 is 32.7 Å². The van der Waals surface area contributed by atoms with E-state index in [-0.39, 0.29) is 32.7 Å². The van der Waals surface area contributed by atoms with Crippen molar-refractivity contribution in [3.05, 3.63) is 24.5 Å². The fourth-order valence-corrected chi connectivity index (χ4v) is 0.241. The molecule has 0 aromatic carbocycles. The van der Waals surface area contributed by atoms with Crippen molar-refractivity contribution in [2.75, 3.05) is 0 Å². The van der Waals surface area contributed by atoms with Gasteiger partial charge in [-0.15, -0.1) is 6.20 Å². The predicted octanol–water partition coefficient (Wildman–Crippen LogP) is 1.84. The number of H-pyrrole nitrogens is 1. The van der Waals surface area contributed by atoms with E-state index in [4.69, 9.17) is 0 Å². The van der Waals surface area contributed by atoms with Gasteiger partial charge in [-0.3, -0.25) is 0 Å². The first-order valence-electron chi connectivity index (χ1n) is 2.49. The van der Waals surface area contributed by atoms with Gasteiger partial charge in [0.1, 0.15) is 0 Å². The molecule has 2 heteroatoms. The number of nitrogens with one attached hydrogen (secondary N) is 1. The molecule has 1 aromatic heterocycles. The number of hydrogen-bond donors (Lipinski definition) is 1. The zero-order chi connectivity index (χ0) is 5.54. The Labute approximate surface area is 75.8 Å². The fraction of sp³-hybridized carbons (Fsp3) is 0.333. The summed E-state index contributed by atoms with van der Waals surface area (Å²) >= 11 is 0. The van der Waals surface area contributed by atoms with Gasteiger partial charge >= 0.3 is 0 Å². The van der Waals surface area contributed by atoms with E-state index in [1.807, 2.05) is 32.2 Å². The van der Waals surface area contributed by atoms with E-state index in [2.05, 4.69) is 11.2 Å². The molecule has 0 aliphatic carbocycles. The molecule has 1 rings (SSSR count). The van der Waals surface area contributed by atoms with Crippen LogP contribution < -0.4 is 0 Å². The second-order valence-electron chi connectivity index (χ2n) is 0.814. The summed E-state index contributed by atoms with van der Waals surface area (Å²) < 4.78 is 0. The van der Waals surface area contributed by atoms with Gasteiger partial charge in [-0.05, 0) is 0 Å². The van der Waals surface area contributed by atoms with E-state index in [1.54, 1.807) is 0 Å². The van der Waals surface area contributed by atoms with Crippen molar-refractivity contribution in [1.82, 2.24) is 4.98 Å². The maximum atomic E-state index is 2.74. The fourth-order valence-electron chi connectivity index (χ4n) is 0.241. The second-order valence-corrected chi connectivity index (χ2v) is 0.814. The van der Waals surface area contributed by atoms with Crippen LogP contribution in [0.4, 0.5) is 0 Å². The topological polar surface area (TPSA) is 15.8 Å². The molecule has 0 spiro atoms. The first kappa shape index (κ1) is 11.2. The molecule has 8 heavy (non-hydrogen) atoms. The summed E-state index contributed by atoms with van der Waals surface area (Å²) in [6, 6.07) is 3.71. The first-order chi connectivity index (χ1) is 3.50. The molecule has 1 N–H and O–H groups in total. The minimum atomic E-state index is 0. The van der Waals surface area contributed by atoms with Crippen LogP contribution in [0, 0.1) is 6.20 Å². The molecule has 0 aliphatic rings. The van der Waals surface area contributed by atoms with E-state index in [0.717, 1.165) is 0 Å². The summed E-state index contributed by atoms with van der Waals surface area (Å²) in [5.74, 6) is 0. The van der Waals surface area contributed by atoms with Crippen LogP contribution in [0.1, 0.15) is 13.8 Å². The Kier molecular flexibility index (Phi) is 14.6. The van der Waals surface area contributed by atoms with Crippen LogP contribution in [0.25, 0.3) is 0 Å². The summed E-state index contributed by atoms with van der Waals surface area (Å²) in [6.45, 7) is 4.00. The molecule has 0 bridgehead atoms. The largest absolute Gasteiger partial charge is 0.484 e. The average Bonchev–Trinajstić information content (AvgIpc) is 2.23. The number of hydrogen-bond acceptors (Lipinski definition) is 0. The van der Waals surface area contributed by atoms with Crippen molar-refractivity contribution in [2.24, 2.45) is 0 Å². The molecule has 1 heterocycles. The van der Waals surface area contributed by atoms with Crippen LogP contribution in [0.3, 0.4) is 0 Å². The Morgan fingerprint density at radius 2 is 2.00 bits per heavy atom. The van der Waals surface area contributed by atoms with Crippen LogP contribution in [0.5, 0.6) is 0 Å². The van der Waals surface area contributed by atoms with Crippen molar-refractivity contribution in [1.29, 1.82) is 0 Å². The van der Waals surface area contributed by atoms with Crippen molar-refractivity contribution in [3.63, 3.8) is 0 Å². The third-order valence-corrected chi connectivity index (χ3v) is 0.442. The Balaban J connectivity index is 0. The Morgan fingerprint density at radius 1 is 1.38 bits per heavy atom. The quantitative estimate of drug-likeness (QED) is 0.593.